The highest BCUT2D eigenvalue weighted by Gasteiger charge is 2.37. The summed E-state index contributed by atoms with van der Waals surface area (Å²) in [7, 11) is 1.96. The Kier molecular flexibility index (Phi) is 3.51. The van der Waals surface area contributed by atoms with Crippen LogP contribution in [0.25, 0.3) is 0 Å². The van der Waals surface area contributed by atoms with Gasteiger partial charge in [0.25, 0.3) is 0 Å². The van der Waals surface area contributed by atoms with E-state index in [0.717, 1.165) is 25.0 Å². The average molecular weight is 221 g/mol. The Bertz CT molecular complexity index is 322. The standard InChI is InChI=1S/C12H19N3O/c1-12(5-3-4-6-16-12)11(13-2)10-7-14-9-15-8-10/h7-9,11,13H,3-6H2,1-2H3. The summed E-state index contributed by atoms with van der Waals surface area (Å²) in [6.07, 6.45) is 8.74. The van der Waals surface area contributed by atoms with Gasteiger partial charge in [0.2, 0.25) is 0 Å². The molecular formula is C12H19N3O. The fourth-order valence-corrected chi connectivity index (χ4v) is 2.47. The molecule has 0 bridgehead atoms. The minimum Gasteiger partial charge on any atom is -0.373 e. The van der Waals surface area contributed by atoms with E-state index in [4.69, 9.17) is 4.74 Å². The summed E-state index contributed by atoms with van der Waals surface area (Å²) in [6, 6.07) is 0.161. The maximum atomic E-state index is 5.95. The van der Waals surface area contributed by atoms with Crippen LogP contribution in [0.4, 0.5) is 0 Å². The van der Waals surface area contributed by atoms with Crippen LogP contribution >= 0.6 is 0 Å². The summed E-state index contributed by atoms with van der Waals surface area (Å²) in [5, 5.41) is 3.32. The predicted molar refractivity (Wildman–Crippen MR) is 62.0 cm³/mol. The van der Waals surface area contributed by atoms with Crippen LogP contribution < -0.4 is 5.32 Å². The molecule has 4 nitrogen and oxygen atoms in total. The van der Waals surface area contributed by atoms with Gasteiger partial charge in [0.15, 0.2) is 0 Å². The number of rotatable bonds is 3. The Morgan fingerprint density at radius 3 is 2.69 bits per heavy atom. The lowest BCUT2D eigenvalue weighted by Crippen LogP contribution is -2.44. The molecule has 4 heteroatoms. The van der Waals surface area contributed by atoms with Crippen LogP contribution in [0.1, 0.15) is 37.8 Å². The lowest BCUT2D eigenvalue weighted by atomic mass is 9.85. The number of hydrogen-bond donors (Lipinski definition) is 1. The molecule has 1 saturated heterocycles. The highest BCUT2D eigenvalue weighted by atomic mass is 16.5. The lowest BCUT2D eigenvalue weighted by molar-refractivity contribution is -0.0885. The van der Waals surface area contributed by atoms with E-state index in [2.05, 4.69) is 22.2 Å². The zero-order valence-electron chi connectivity index (χ0n) is 9.94. The van der Waals surface area contributed by atoms with E-state index in [0.29, 0.717) is 0 Å². The van der Waals surface area contributed by atoms with Crippen LogP contribution in [0.5, 0.6) is 0 Å². The van der Waals surface area contributed by atoms with Crippen LogP contribution in [0.3, 0.4) is 0 Å². The Balaban J connectivity index is 2.21. The van der Waals surface area contributed by atoms with Gasteiger partial charge >= 0.3 is 0 Å². The van der Waals surface area contributed by atoms with Crippen molar-refractivity contribution in [3.8, 4) is 0 Å². The Morgan fingerprint density at radius 1 is 1.38 bits per heavy atom. The van der Waals surface area contributed by atoms with Crippen molar-refractivity contribution in [2.75, 3.05) is 13.7 Å². The van der Waals surface area contributed by atoms with Gasteiger partial charge < -0.3 is 10.1 Å². The molecule has 0 aliphatic carbocycles. The first kappa shape index (κ1) is 11.5. The summed E-state index contributed by atoms with van der Waals surface area (Å²) < 4.78 is 5.95. The first-order valence-electron chi connectivity index (χ1n) is 5.82. The smallest absolute Gasteiger partial charge is 0.115 e. The lowest BCUT2D eigenvalue weighted by Gasteiger charge is -2.40. The highest BCUT2D eigenvalue weighted by Crippen LogP contribution is 2.35. The van der Waals surface area contributed by atoms with Gasteiger partial charge in [0.1, 0.15) is 6.33 Å². The SMILES string of the molecule is CNC(c1cncnc1)C1(C)CCCCO1. The maximum Gasteiger partial charge on any atom is 0.115 e. The molecule has 0 aromatic carbocycles. The fraction of sp³-hybridized carbons (Fsp3) is 0.667. The largest absolute Gasteiger partial charge is 0.373 e. The normalized spacial score (nSPS) is 27.6. The summed E-state index contributed by atoms with van der Waals surface area (Å²) in [5.74, 6) is 0. The van der Waals surface area contributed by atoms with E-state index in [-0.39, 0.29) is 11.6 Å². The van der Waals surface area contributed by atoms with E-state index in [9.17, 15) is 0 Å². The molecule has 0 saturated carbocycles. The average Bonchev–Trinajstić information content (AvgIpc) is 2.32. The maximum absolute atomic E-state index is 5.95. The summed E-state index contributed by atoms with van der Waals surface area (Å²) in [5.41, 5.74) is 0.951. The Labute approximate surface area is 96.4 Å². The molecule has 2 unspecified atom stereocenters. The second-order valence-electron chi connectivity index (χ2n) is 4.51. The van der Waals surface area contributed by atoms with Crippen LogP contribution in [0.15, 0.2) is 18.7 Å². The van der Waals surface area contributed by atoms with Crippen molar-refractivity contribution in [3.63, 3.8) is 0 Å². The van der Waals surface area contributed by atoms with Crippen molar-refractivity contribution in [3.05, 3.63) is 24.3 Å². The van der Waals surface area contributed by atoms with E-state index < -0.39 is 0 Å². The molecule has 0 amide bonds. The van der Waals surface area contributed by atoms with Crippen LogP contribution in [0, 0.1) is 0 Å². The molecular weight excluding hydrogens is 202 g/mol. The molecule has 88 valence electrons. The quantitative estimate of drug-likeness (QED) is 0.844. The number of nitrogens with one attached hydrogen (secondary N) is 1. The zero-order valence-corrected chi connectivity index (χ0v) is 9.94. The van der Waals surface area contributed by atoms with Gasteiger partial charge in [-0.15, -0.1) is 0 Å². The molecule has 1 aliphatic heterocycles. The fourth-order valence-electron chi connectivity index (χ4n) is 2.47. The van der Waals surface area contributed by atoms with E-state index in [1.807, 2.05) is 19.4 Å². The first-order chi connectivity index (χ1) is 7.76. The van der Waals surface area contributed by atoms with Gasteiger partial charge in [-0.2, -0.15) is 0 Å². The summed E-state index contributed by atoms with van der Waals surface area (Å²) in [6.45, 7) is 3.02. The minimum absolute atomic E-state index is 0.141. The molecule has 1 aliphatic rings. The van der Waals surface area contributed by atoms with E-state index in [1.165, 1.54) is 6.42 Å². The highest BCUT2D eigenvalue weighted by molar-refractivity contribution is 5.14. The number of aromatic nitrogens is 2. The Morgan fingerprint density at radius 2 is 2.12 bits per heavy atom. The van der Waals surface area contributed by atoms with Crippen LogP contribution in [-0.4, -0.2) is 29.2 Å². The molecule has 2 atom stereocenters. The van der Waals surface area contributed by atoms with Crippen LogP contribution in [0.2, 0.25) is 0 Å². The molecule has 1 aromatic rings. The van der Waals surface area contributed by atoms with Crippen molar-refractivity contribution in [2.24, 2.45) is 0 Å². The second kappa shape index (κ2) is 4.89. The number of hydrogen-bond acceptors (Lipinski definition) is 4. The van der Waals surface area contributed by atoms with Gasteiger partial charge in [-0.25, -0.2) is 9.97 Å². The molecule has 2 rings (SSSR count). The van der Waals surface area contributed by atoms with Gasteiger partial charge in [-0.3, -0.25) is 0 Å². The van der Waals surface area contributed by atoms with Crippen molar-refractivity contribution in [1.29, 1.82) is 0 Å². The molecule has 1 N–H and O–H groups in total. The predicted octanol–water partition coefficient (Wildman–Crippen LogP) is 1.70. The Hall–Kier alpha value is -1.00. The van der Waals surface area contributed by atoms with Crippen molar-refractivity contribution < 1.29 is 4.74 Å². The molecule has 2 heterocycles. The molecule has 16 heavy (non-hydrogen) atoms. The molecule has 0 radical (unpaired) electrons. The third-order valence-electron chi connectivity index (χ3n) is 3.31. The third kappa shape index (κ3) is 2.23. The zero-order chi connectivity index (χ0) is 11.4. The van der Waals surface area contributed by atoms with Crippen molar-refractivity contribution in [1.82, 2.24) is 15.3 Å². The molecule has 1 fully saturated rings. The number of likely N-dealkylation sites (N-methyl/N-ethyl adjacent to an activating group) is 1. The minimum atomic E-state index is -0.141. The summed E-state index contributed by atoms with van der Waals surface area (Å²) in [4.78, 5) is 8.15. The van der Waals surface area contributed by atoms with E-state index >= 15 is 0 Å². The van der Waals surface area contributed by atoms with Gasteiger partial charge in [-0.1, -0.05) is 0 Å². The molecule has 0 spiro atoms. The van der Waals surface area contributed by atoms with Crippen molar-refractivity contribution in [2.45, 2.75) is 37.8 Å². The third-order valence-corrected chi connectivity index (χ3v) is 3.31. The molecule has 1 aromatic heterocycles. The summed E-state index contributed by atoms with van der Waals surface area (Å²) >= 11 is 0. The van der Waals surface area contributed by atoms with Crippen LogP contribution in [-0.2, 0) is 4.74 Å². The number of nitrogens with zero attached hydrogens (tertiary/aromatic N) is 2. The number of ether oxygens (including phenoxy) is 1. The second-order valence-corrected chi connectivity index (χ2v) is 4.51. The van der Waals surface area contributed by atoms with Gasteiger partial charge in [-0.05, 0) is 33.2 Å². The van der Waals surface area contributed by atoms with E-state index in [1.54, 1.807) is 6.33 Å². The van der Waals surface area contributed by atoms with Gasteiger partial charge in [0, 0.05) is 24.6 Å². The monoisotopic (exact) mass is 221 g/mol. The van der Waals surface area contributed by atoms with Gasteiger partial charge in [0.05, 0.1) is 11.6 Å². The first-order valence-corrected chi connectivity index (χ1v) is 5.82. The topological polar surface area (TPSA) is 47.0 Å². The van der Waals surface area contributed by atoms with Crippen molar-refractivity contribution >= 4 is 0 Å².